The van der Waals surface area contributed by atoms with Crippen LogP contribution in [0.3, 0.4) is 0 Å². The summed E-state index contributed by atoms with van der Waals surface area (Å²) in [6, 6.07) is 14.4. The molecule has 2 nitrogen and oxygen atoms in total. The van der Waals surface area contributed by atoms with Gasteiger partial charge in [0.05, 0.1) is 5.70 Å². The number of benzene rings is 2. The van der Waals surface area contributed by atoms with E-state index in [1.54, 1.807) is 12.1 Å². The molecule has 1 aliphatic heterocycles. The Morgan fingerprint density at radius 2 is 1.75 bits per heavy atom. The average Bonchev–Trinajstić information content (AvgIpc) is 2.91. The predicted octanol–water partition coefficient (Wildman–Crippen LogP) is 3.95. The van der Waals surface area contributed by atoms with Crippen molar-refractivity contribution in [3.8, 4) is 0 Å². The number of rotatable bonds is 2. The zero-order chi connectivity index (χ0) is 13.9. The highest BCUT2D eigenvalue weighted by Gasteiger charge is 2.14. The maximum Gasteiger partial charge on any atom is 0.221 e. The van der Waals surface area contributed by atoms with Crippen LogP contribution in [0.15, 0.2) is 59.2 Å². The lowest BCUT2D eigenvalue weighted by molar-refractivity contribution is 0.365. The Bertz CT molecular complexity index is 669. The van der Waals surface area contributed by atoms with Crippen molar-refractivity contribution < 1.29 is 9.13 Å². The molecule has 0 saturated carbocycles. The van der Waals surface area contributed by atoms with Gasteiger partial charge in [-0.1, -0.05) is 29.8 Å². The molecular weight excluding hydrogens is 253 g/mol. The van der Waals surface area contributed by atoms with Crippen molar-refractivity contribution in [2.45, 2.75) is 6.92 Å². The van der Waals surface area contributed by atoms with Crippen LogP contribution in [0.5, 0.6) is 0 Å². The van der Waals surface area contributed by atoms with Crippen molar-refractivity contribution in [3.63, 3.8) is 0 Å². The first-order chi connectivity index (χ1) is 9.70. The van der Waals surface area contributed by atoms with Crippen LogP contribution >= 0.6 is 0 Å². The third-order valence-electron chi connectivity index (χ3n) is 3.10. The highest BCUT2D eigenvalue weighted by atomic mass is 19.1. The molecule has 0 aliphatic carbocycles. The number of hydrogen-bond acceptors (Lipinski definition) is 2. The maximum absolute atomic E-state index is 12.8. The van der Waals surface area contributed by atoms with Gasteiger partial charge in [-0.05, 0) is 42.8 Å². The Balaban J connectivity index is 1.84. The van der Waals surface area contributed by atoms with Crippen molar-refractivity contribution >= 4 is 12.0 Å². The van der Waals surface area contributed by atoms with Gasteiger partial charge < -0.3 is 4.74 Å². The van der Waals surface area contributed by atoms with E-state index in [1.807, 2.05) is 37.3 Å². The zero-order valence-corrected chi connectivity index (χ0v) is 11.1. The molecule has 2 aromatic carbocycles. The van der Waals surface area contributed by atoms with E-state index in [1.165, 1.54) is 17.7 Å². The fourth-order valence-corrected chi connectivity index (χ4v) is 2.01. The van der Waals surface area contributed by atoms with Gasteiger partial charge in [0.25, 0.3) is 0 Å². The van der Waals surface area contributed by atoms with Crippen LogP contribution in [-0.4, -0.2) is 12.5 Å². The minimum atomic E-state index is -0.237. The lowest BCUT2D eigenvalue weighted by Crippen LogP contribution is -2.00. The number of nitrogens with zero attached hydrogens (tertiary/aromatic N) is 1. The molecule has 3 heteroatoms. The van der Waals surface area contributed by atoms with Gasteiger partial charge in [0.15, 0.2) is 0 Å². The van der Waals surface area contributed by atoms with E-state index in [4.69, 9.17) is 4.74 Å². The molecule has 0 fully saturated rings. The molecule has 0 saturated heterocycles. The SMILES string of the molecule is Cc1ccc(C2=N/C(=C\c3ccc(F)cc3)CO2)cc1. The van der Waals surface area contributed by atoms with E-state index < -0.39 is 0 Å². The van der Waals surface area contributed by atoms with Crippen LogP contribution in [0, 0.1) is 12.7 Å². The van der Waals surface area contributed by atoms with Gasteiger partial charge in [-0.2, -0.15) is 0 Å². The fourth-order valence-electron chi connectivity index (χ4n) is 2.01. The minimum Gasteiger partial charge on any atom is -0.471 e. The Morgan fingerprint density at radius 1 is 1.05 bits per heavy atom. The summed E-state index contributed by atoms with van der Waals surface area (Å²) in [6.07, 6.45) is 1.90. The number of ether oxygens (including phenoxy) is 1. The van der Waals surface area contributed by atoms with Gasteiger partial charge in [-0.25, -0.2) is 9.38 Å². The van der Waals surface area contributed by atoms with Crippen molar-refractivity contribution in [2.75, 3.05) is 6.61 Å². The quantitative estimate of drug-likeness (QED) is 0.807. The normalized spacial score (nSPS) is 16.1. The van der Waals surface area contributed by atoms with Crippen LogP contribution < -0.4 is 0 Å². The molecule has 0 radical (unpaired) electrons. The van der Waals surface area contributed by atoms with Gasteiger partial charge in [0.1, 0.15) is 12.4 Å². The van der Waals surface area contributed by atoms with Crippen molar-refractivity contribution in [1.29, 1.82) is 0 Å². The first-order valence-corrected chi connectivity index (χ1v) is 6.45. The maximum atomic E-state index is 12.8. The monoisotopic (exact) mass is 267 g/mol. The largest absolute Gasteiger partial charge is 0.471 e. The van der Waals surface area contributed by atoms with Crippen molar-refractivity contribution in [1.82, 2.24) is 0 Å². The smallest absolute Gasteiger partial charge is 0.221 e. The van der Waals surface area contributed by atoms with E-state index in [2.05, 4.69) is 4.99 Å². The summed E-state index contributed by atoms with van der Waals surface area (Å²) in [7, 11) is 0. The topological polar surface area (TPSA) is 21.6 Å². The first kappa shape index (κ1) is 12.6. The molecule has 0 spiro atoms. The van der Waals surface area contributed by atoms with Gasteiger partial charge in [0.2, 0.25) is 5.90 Å². The minimum absolute atomic E-state index is 0.237. The van der Waals surface area contributed by atoms with Gasteiger partial charge in [-0.15, -0.1) is 0 Å². The average molecular weight is 267 g/mol. The summed E-state index contributed by atoms with van der Waals surface area (Å²) < 4.78 is 18.4. The standard InChI is InChI=1S/C17H14FNO/c1-12-2-6-14(7-3-12)17-19-16(11-20-17)10-13-4-8-15(18)9-5-13/h2-10H,11H2,1H3/b16-10-. The number of aliphatic imine (C=N–C) groups is 1. The second kappa shape index (κ2) is 5.29. The van der Waals surface area contributed by atoms with Gasteiger partial charge in [0, 0.05) is 5.56 Å². The van der Waals surface area contributed by atoms with E-state index in [0.29, 0.717) is 12.5 Å². The molecule has 0 N–H and O–H groups in total. The van der Waals surface area contributed by atoms with Crippen LogP contribution in [0.25, 0.3) is 6.08 Å². The summed E-state index contributed by atoms with van der Waals surface area (Å²) in [6.45, 7) is 2.49. The highest BCUT2D eigenvalue weighted by molar-refractivity contribution is 5.96. The van der Waals surface area contributed by atoms with Crippen molar-refractivity contribution in [3.05, 3.63) is 76.7 Å². The van der Waals surface area contributed by atoms with E-state index in [0.717, 1.165) is 16.8 Å². The molecule has 0 atom stereocenters. The van der Waals surface area contributed by atoms with Crippen LogP contribution in [0.2, 0.25) is 0 Å². The fraction of sp³-hybridized carbons (Fsp3) is 0.118. The Hall–Kier alpha value is -2.42. The summed E-state index contributed by atoms with van der Waals surface area (Å²) in [5, 5.41) is 0. The van der Waals surface area contributed by atoms with Crippen LogP contribution in [0.1, 0.15) is 16.7 Å². The molecular formula is C17H14FNO. The molecule has 0 unspecified atom stereocenters. The first-order valence-electron chi connectivity index (χ1n) is 6.45. The van der Waals surface area contributed by atoms with E-state index >= 15 is 0 Å². The molecule has 0 amide bonds. The lowest BCUT2D eigenvalue weighted by Gasteiger charge is -2.00. The van der Waals surface area contributed by atoms with Gasteiger partial charge in [-0.3, -0.25) is 0 Å². The van der Waals surface area contributed by atoms with Crippen molar-refractivity contribution in [2.24, 2.45) is 4.99 Å². The summed E-state index contributed by atoms with van der Waals surface area (Å²) in [5.74, 6) is 0.400. The van der Waals surface area contributed by atoms with E-state index in [-0.39, 0.29) is 5.82 Å². The number of aryl methyl sites for hydroxylation is 1. The molecule has 0 aromatic heterocycles. The molecule has 100 valence electrons. The Morgan fingerprint density at radius 3 is 2.45 bits per heavy atom. The highest BCUT2D eigenvalue weighted by Crippen LogP contribution is 2.18. The molecule has 0 bridgehead atoms. The number of halogens is 1. The summed E-state index contributed by atoms with van der Waals surface area (Å²) in [4.78, 5) is 4.47. The molecule has 3 rings (SSSR count). The molecule has 1 heterocycles. The third-order valence-corrected chi connectivity index (χ3v) is 3.10. The third kappa shape index (κ3) is 2.77. The Kier molecular flexibility index (Phi) is 3.33. The second-order valence-electron chi connectivity index (χ2n) is 4.76. The zero-order valence-electron chi connectivity index (χ0n) is 11.1. The van der Waals surface area contributed by atoms with E-state index in [9.17, 15) is 4.39 Å². The van der Waals surface area contributed by atoms with Crippen LogP contribution in [-0.2, 0) is 4.74 Å². The molecule has 20 heavy (non-hydrogen) atoms. The summed E-state index contributed by atoms with van der Waals surface area (Å²) in [5.41, 5.74) is 3.93. The predicted molar refractivity (Wildman–Crippen MR) is 78.0 cm³/mol. The number of hydrogen-bond donors (Lipinski definition) is 0. The second-order valence-corrected chi connectivity index (χ2v) is 4.76. The summed E-state index contributed by atoms with van der Waals surface area (Å²) >= 11 is 0. The Labute approximate surface area is 117 Å². The molecule has 2 aromatic rings. The molecule has 1 aliphatic rings. The lowest BCUT2D eigenvalue weighted by atomic mass is 10.1. The van der Waals surface area contributed by atoms with Crippen LogP contribution in [0.4, 0.5) is 4.39 Å². The van der Waals surface area contributed by atoms with Gasteiger partial charge >= 0.3 is 0 Å².